The zero-order chi connectivity index (χ0) is 12.6. The lowest BCUT2D eigenvalue weighted by Gasteiger charge is -2.03. The molecule has 17 heavy (non-hydrogen) atoms. The van der Waals surface area contributed by atoms with Crippen LogP contribution in [0.25, 0.3) is 5.69 Å². The number of nitrogens with two attached hydrogens (primary N) is 2. The average Bonchev–Trinajstić information content (AvgIpc) is 2.55. The largest absolute Gasteiger partial charge is 0.477 e. The Morgan fingerprint density at radius 2 is 1.88 bits per heavy atom. The number of benzene rings is 1. The van der Waals surface area contributed by atoms with Crippen molar-refractivity contribution in [2.24, 2.45) is 0 Å². The van der Waals surface area contributed by atoms with Gasteiger partial charge in [0.25, 0.3) is 0 Å². The van der Waals surface area contributed by atoms with Crippen molar-refractivity contribution in [3.63, 3.8) is 0 Å². The summed E-state index contributed by atoms with van der Waals surface area (Å²) in [5.74, 6) is -1.94. The van der Waals surface area contributed by atoms with Gasteiger partial charge in [0, 0.05) is 0 Å². The molecule has 0 aliphatic rings. The number of carboxylic acid groups (broad SMARTS) is 1. The minimum Gasteiger partial charge on any atom is -0.477 e. The number of aromatic nitrogens is 2. The number of anilines is 2. The van der Waals surface area contributed by atoms with Crippen molar-refractivity contribution in [2.45, 2.75) is 0 Å². The van der Waals surface area contributed by atoms with Crippen molar-refractivity contribution < 1.29 is 14.3 Å². The van der Waals surface area contributed by atoms with Gasteiger partial charge in [0.05, 0.1) is 5.69 Å². The number of halogens is 1. The Balaban J connectivity index is 2.57. The van der Waals surface area contributed by atoms with Gasteiger partial charge in [-0.3, -0.25) is 0 Å². The molecule has 0 spiro atoms. The van der Waals surface area contributed by atoms with Crippen LogP contribution < -0.4 is 11.5 Å². The van der Waals surface area contributed by atoms with Crippen molar-refractivity contribution in [1.29, 1.82) is 0 Å². The normalized spacial score (nSPS) is 10.4. The lowest BCUT2D eigenvalue weighted by molar-refractivity contribution is 0.0699. The maximum Gasteiger partial charge on any atom is 0.343 e. The molecular weight excluding hydrogens is 227 g/mol. The molecule has 0 saturated carbocycles. The first-order valence-electron chi connectivity index (χ1n) is 4.64. The number of rotatable bonds is 2. The summed E-state index contributed by atoms with van der Waals surface area (Å²) < 4.78 is 13.9. The molecule has 0 radical (unpaired) electrons. The van der Waals surface area contributed by atoms with E-state index in [1.807, 2.05) is 0 Å². The van der Waals surface area contributed by atoms with Crippen LogP contribution in [-0.2, 0) is 0 Å². The summed E-state index contributed by atoms with van der Waals surface area (Å²) in [5, 5.41) is 12.7. The standard InChI is InChI=1S/C10H9FN4O2/c11-5-1-3-6(4-2-5)15-9(13)7(10(16)17)8(12)14-15/h1-4H,13H2,(H2,12,14)(H,16,17). The van der Waals surface area contributed by atoms with Crippen LogP contribution >= 0.6 is 0 Å². The molecule has 1 aromatic heterocycles. The third-order valence-corrected chi connectivity index (χ3v) is 2.23. The van der Waals surface area contributed by atoms with Crippen LogP contribution in [0.15, 0.2) is 24.3 Å². The molecule has 6 nitrogen and oxygen atoms in total. The third kappa shape index (κ3) is 1.78. The van der Waals surface area contributed by atoms with Crippen LogP contribution in [0, 0.1) is 5.82 Å². The average molecular weight is 236 g/mol. The molecule has 88 valence electrons. The maximum atomic E-state index is 12.7. The number of carbonyl (C=O) groups is 1. The van der Waals surface area contributed by atoms with Gasteiger partial charge in [-0.2, -0.15) is 0 Å². The maximum absolute atomic E-state index is 12.7. The molecule has 0 unspecified atom stereocenters. The molecule has 0 bridgehead atoms. The first-order chi connectivity index (χ1) is 8.00. The van der Waals surface area contributed by atoms with Gasteiger partial charge in [-0.05, 0) is 24.3 Å². The van der Waals surface area contributed by atoms with Gasteiger partial charge in [0.2, 0.25) is 0 Å². The van der Waals surface area contributed by atoms with Crippen molar-refractivity contribution in [1.82, 2.24) is 9.78 Å². The molecule has 0 amide bonds. The molecule has 1 heterocycles. The number of hydrogen-bond donors (Lipinski definition) is 3. The molecule has 7 heteroatoms. The number of nitrogen functional groups attached to an aromatic ring is 2. The monoisotopic (exact) mass is 236 g/mol. The van der Waals surface area contributed by atoms with E-state index >= 15 is 0 Å². The predicted octanol–water partition coefficient (Wildman–Crippen LogP) is 0.874. The second-order valence-corrected chi connectivity index (χ2v) is 3.34. The van der Waals surface area contributed by atoms with E-state index in [9.17, 15) is 9.18 Å². The molecule has 2 aromatic rings. The smallest absolute Gasteiger partial charge is 0.343 e. The van der Waals surface area contributed by atoms with Crippen molar-refractivity contribution in [3.05, 3.63) is 35.6 Å². The highest BCUT2D eigenvalue weighted by Gasteiger charge is 2.20. The topological polar surface area (TPSA) is 107 Å². The number of hydrogen-bond acceptors (Lipinski definition) is 4. The first kappa shape index (κ1) is 10.9. The molecule has 0 saturated heterocycles. The fraction of sp³-hybridized carbons (Fsp3) is 0. The molecule has 1 aromatic carbocycles. The van der Waals surface area contributed by atoms with E-state index in [1.54, 1.807) is 0 Å². The lowest BCUT2D eigenvalue weighted by Crippen LogP contribution is -2.06. The predicted molar refractivity (Wildman–Crippen MR) is 59.3 cm³/mol. The van der Waals surface area contributed by atoms with Gasteiger partial charge in [-0.25, -0.2) is 13.9 Å². The van der Waals surface area contributed by atoms with Gasteiger partial charge >= 0.3 is 5.97 Å². The second kappa shape index (κ2) is 3.78. The quantitative estimate of drug-likeness (QED) is 0.717. The highest BCUT2D eigenvalue weighted by molar-refractivity contribution is 5.98. The summed E-state index contributed by atoms with van der Waals surface area (Å²) in [6.45, 7) is 0. The molecule has 5 N–H and O–H groups in total. The summed E-state index contributed by atoms with van der Waals surface area (Å²) in [6.07, 6.45) is 0. The van der Waals surface area contributed by atoms with Crippen LogP contribution in [0.4, 0.5) is 16.0 Å². The van der Waals surface area contributed by atoms with E-state index in [0.29, 0.717) is 5.69 Å². The zero-order valence-corrected chi connectivity index (χ0v) is 8.59. The van der Waals surface area contributed by atoms with Gasteiger partial charge in [-0.1, -0.05) is 0 Å². The van der Waals surface area contributed by atoms with Crippen LogP contribution in [0.1, 0.15) is 10.4 Å². The minimum absolute atomic E-state index is 0.0957. The Bertz CT molecular complexity index is 577. The lowest BCUT2D eigenvalue weighted by atomic mass is 10.3. The van der Waals surface area contributed by atoms with E-state index < -0.39 is 11.8 Å². The Hall–Kier alpha value is -2.57. The molecule has 0 aliphatic carbocycles. The van der Waals surface area contributed by atoms with E-state index in [1.165, 1.54) is 24.3 Å². The van der Waals surface area contributed by atoms with E-state index in [4.69, 9.17) is 16.6 Å². The number of nitrogens with zero attached hydrogens (tertiary/aromatic N) is 2. The van der Waals surface area contributed by atoms with Crippen LogP contribution in [0.3, 0.4) is 0 Å². The Morgan fingerprint density at radius 3 is 2.35 bits per heavy atom. The van der Waals surface area contributed by atoms with Gasteiger partial charge in [-0.15, -0.1) is 5.10 Å². The van der Waals surface area contributed by atoms with Crippen molar-refractivity contribution in [3.8, 4) is 5.69 Å². The SMILES string of the molecule is Nc1nn(-c2ccc(F)cc2)c(N)c1C(=O)O. The fourth-order valence-electron chi connectivity index (χ4n) is 1.45. The summed E-state index contributed by atoms with van der Waals surface area (Å²) in [5.41, 5.74) is 11.2. The fourth-order valence-corrected chi connectivity index (χ4v) is 1.45. The Labute approximate surface area is 95.3 Å². The van der Waals surface area contributed by atoms with Gasteiger partial charge < -0.3 is 16.6 Å². The summed E-state index contributed by atoms with van der Waals surface area (Å²) in [7, 11) is 0. The Kier molecular flexibility index (Phi) is 2.43. The number of aromatic carboxylic acids is 1. The molecule has 2 rings (SSSR count). The first-order valence-corrected chi connectivity index (χ1v) is 4.64. The Morgan fingerprint density at radius 1 is 1.29 bits per heavy atom. The molecular formula is C10H9FN4O2. The van der Waals surface area contributed by atoms with E-state index in [0.717, 1.165) is 4.68 Å². The van der Waals surface area contributed by atoms with E-state index in [-0.39, 0.29) is 17.2 Å². The summed E-state index contributed by atoms with van der Waals surface area (Å²) in [6, 6.07) is 5.27. The van der Waals surface area contributed by atoms with E-state index in [2.05, 4.69) is 5.10 Å². The molecule has 0 fully saturated rings. The molecule has 0 atom stereocenters. The summed E-state index contributed by atoms with van der Waals surface area (Å²) in [4.78, 5) is 10.9. The minimum atomic E-state index is -1.26. The third-order valence-electron chi connectivity index (χ3n) is 2.23. The van der Waals surface area contributed by atoms with Gasteiger partial charge in [0.15, 0.2) is 5.82 Å². The zero-order valence-electron chi connectivity index (χ0n) is 8.59. The van der Waals surface area contributed by atoms with Crippen molar-refractivity contribution in [2.75, 3.05) is 11.5 Å². The molecule has 0 aliphatic heterocycles. The highest BCUT2D eigenvalue weighted by atomic mass is 19.1. The van der Waals surface area contributed by atoms with Gasteiger partial charge in [0.1, 0.15) is 17.2 Å². The number of carboxylic acids is 1. The van der Waals surface area contributed by atoms with Crippen LogP contribution in [0.5, 0.6) is 0 Å². The van der Waals surface area contributed by atoms with Crippen LogP contribution in [0.2, 0.25) is 0 Å². The highest BCUT2D eigenvalue weighted by Crippen LogP contribution is 2.22. The summed E-state index contributed by atoms with van der Waals surface area (Å²) >= 11 is 0. The van der Waals surface area contributed by atoms with Crippen molar-refractivity contribution >= 4 is 17.6 Å². The van der Waals surface area contributed by atoms with Crippen LogP contribution in [-0.4, -0.2) is 20.9 Å². The second-order valence-electron chi connectivity index (χ2n) is 3.34.